The fraction of sp³-hybridized carbons (Fsp3) is 0.440. The molecule has 8 nitrogen and oxygen atoms in total. The molecule has 1 aromatic heterocycles. The van der Waals surface area contributed by atoms with E-state index >= 15 is 0 Å². The van der Waals surface area contributed by atoms with Crippen LogP contribution in [-0.2, 0) is 4.74 Å². The smallest absolute Gasteiger partial charge is 0.357 e. The van der Waals surface area contributed by atoms with Crippen molar-refractivity contribution in [3.63, 3.8) is 0 Å². The van der Waals surface area contributed by atoms with Crippen molar-refractivity contribution in [1.29, 1.82) is 0 Å². The van der Waals surface area contributed by atoms with E-state index in [1.54, 1.807) is 12.1 Å². The molecule has 8 heteroatoms. The van der Waals surface area contributed by atoms with Crippen molar-refractivity contribution in [3.8, 4) is 0 Å². The number of hydrogen-bond acceptors (Lipinski definition) is 7. The summed E-state index contributed by atoms with van der Waals surface area (Å²) in [6.07, 6.45) is 5.01. The lowest BCUT2D eigenvalue weighted by Gasteiger charge is -2.20. The van der Waals surface area contributed by atoms with Crippen LogP contribution in [-0.4, -0.2) is 59.5 Å². The molecule has 0 saturated heterocycles. The standard InChI is InChI=1S/C25H36N6O2/c1-6-21(16-17-31(5)8-3)33-25(32)22-18-24(27-19(4)30-26-7-2)29-23(28-22)15-14-20-12-10-9-11-13-20/h9-15,18,21,26H,6-8,16-17H2,1-5H3,(H,27,28,29,30)/b15-14+. The fourth-order valence-electron chi connectivity index (χ4n) is 2.92. The number of nitrogens with one attached hydrogen (secondary N) is 2. The van der Waals surface area contributed by atoms with Gasteiger partial charge in [0, 0.05) is 19.2 Å². The first kappa shape index (κ1) is 26.2. The summed E-state index contributed by atoms with van der Waals surface area (Å²) in [5.74, 6) is 0.932. The predicted molar refractivity (Wildman–Crippen MR) is 134 cm³/mol. The molecule has 0 amide bonds. The van der Waals surface area contributed by atoms with Crippen molar-refractivity contribution in [2.45, 2.75) is 46.6 Å². The Balaban J connectivity index is 2.27. The minimum atomic E-state index is -0.466. The second kappa shape index (κ2) is 14.1. The zero-order valence-electron chi connectivity index (χ0n) is 20.3. The molecule has 0 saturated carbocycles. The number of esters is 1. The number of carbonyl (C=O) groups excluding carboxylic acids is 1. The number of carbonyl (C=O) groups is 1. The molecule has 2 N–H and O–H groups in total. The first-order chi connectivity index (χ1) is 15.9. The molecule has 1 heterocycles. The first-order valence-corrected chi connectivity index (χ1v) is 11.5. The van der Waals surface area contributed by atoms with Crippen molar-refractivity contribution in [1.82, 2.24) is 25.7 Å². The number of aromatic nitrogens is 2. The van der Waals surface area contributed by atoms with E-state index in [4.69, 9.17) is 4.74 Å². The van der Waals surface area contributed by atoms with Crippen LogP contribution >= 0.6 is 0 Å². The lowest BCUT2D eigenvalue weighted by atomic mass is 10.2. The van der Waals surface area contributed by atoms with Gasteiger partial charge in [-0.05, 0) is 45.0 Å². The zero-order valence-corrected chi connectivity index (χ0v) is 20.3. The topological polar surface area (TPSA) is 91.7 Å². The van der Waals surface area contributed by atoms with E-state index in [1.165, 1.54) is 0 Å². The summed E-state index contributed by atoms with van der Waals surface area (Å²) in [7, 11) is 2.05. The van der Waals surface area contributed by atoms with Crippen LogP contribution in [0.25, 0.3) is 12.2 Å². The van der Waals surface area contributed by atoms with E-state index in [9.17, 15) is 4.79 Å². The number of amidine groups is 1. The summed E-state index contributed by atoms with van der Waals surface area (Å²) in [5.41, 5.74) is 7.18. The van der Waals surface area contributed by atoms with Gasteiger partial charge in [0.25, 0.3) is 0 Å². The molecule has 1 unspecified atom stereocenters. The van der Waals surface area contributed by atoms with Crippen LogP contribution in [0.4, 0.5) is 5.82 Å². The summed E-state index contributed by atoms with van der Waals surface area (Å²) in [6, 6.07) is 11.4. The average molecular weight is 453 g/mol. The first-order valence-electron chi connectivity index (χ1n) is 11.5. The van der Waals surface area contributed by atoms with Crippen molar-refractivity contribution in [2.24, 2.45) is 4.99 Å². The summed E-state index contributed by atoms with van der Waals surface area (Å²) in [6.45, 7) is 10.5. The summed E-state index contributed by atoms with van der Waals surface area (Å²) in [5, 5.41) is 0. The lowest BCUT2D eigenvalue weighted by Crippen LogP contribution is -2.35. The molecular formula is C25H36N6O2. The van der Waals surface area contributed by atoms with E-state index in [0.717, 1.165) is 38.0 Å². The van der Waals surface area contributed by atoms with Gasteiger partial charge in [-0.2, -0.15) is 0 Å². The minimum absolute atomic E-state index is 0.172. The Kier molecular flexibility index (Phi) is 11.2. The number of rotatable bonds is 12. The molecule has 0 spiro atoms. The molecule has 0 aliphatic carbocycles. The van der Waals surface area contributed by atoms with Gasteiger partial charge in [0.15, 0.2) is 17.3 Å². The van der Waals surface area contributed by atoms with Gasteiger partial charge in [-0.3, -0.25) is 0 Å². The van der Waals surface area contributed by atoms with Gasteiger partial charge >= 0.3 is 5.97 Å². The van der Waals surface area contributed by atoms with Crippen LogP contribution in [0.15, 0.2) is 41.4 Å². The SMILES string of the molecule is CCNNC(C)=Nc1cc(C(=O)OC(CC)CCN(C)CC)nc(/C=C/c2ccccc2)n1. The predicted octanol–water partition coefficient (Wildman–Crippen LogP) is 4.09. The van der Waals surface area contributed by atoms with Gasteiger partial charge in [0.05, 0.1) is 0 Å². The van der Waals surface area contributed by atoms with Gasteiger partial charge < -0.3 is 15.1 Å². The minimum Gasteiger partial charge on any atom is -0.458 e. The molecule has 0 aliphatic heterocycles. The van der Waals surface area contributed by atoms with Crippen molar-refractivity contribution >= 4 is 29.8 Å². The fourth-order valence-corrected chi connectivity index (χ4v) is 2.92. The maximum absolute atomic E-state index is 12.9. The van der Waals surface area contributed by atoms with E-state index in [0.29, 0.717) is 17.5 Å². The molecule has 33 heavy (non-hydrogen) atoms. The van der Waals surface area contributed by atoms with Gasteiger partial charge in [-0.15, -0.1) is 0 Å². The highest BCUT2D eigenvalue weighted by Crippen LogP contribution is 2.16. The monoisotopic (exact) mass is 452 g/mol. The van der Waals surface area contributed by atoms with Gasteiger partial charge in [-0.1, -0.05) is 57.2 Å². The number of benzene rings is 1. The summed E-state index contributed by atoms with van der Waals surface area (Å²) < 4.78 is 5.77. The highest BCUT2D eigenvalue weighted by molar-refractivity contribution is 5.89. The molecule has 0 fully saturated rings. The third-order valence-electron chi connectivity index (χ3n) is 4.99. The van der Waals surface area contributed by atoms with Crippen LogP contribution in [0.3, 0.4) is 0 Å². The summed E-state index contributed by atoms with van der Waals surface area (Å²) in [4.78, 5) is 28.5. The Morgan fingerprint density at radius 2 is 1.94 bits per heavy atom. The molecule has 1 aromatic carbocycles. The molecule has 2 rings (SSSR count). The number of hydrazine groups is 1. The van der Waals surface area contributed by atoms with Crippen LogP contribution in [0, 0.1) is 0 Å². The number of nitrogens with zero attached hydrogens (tertiary/aromatic N) is 4. The molecule has 0 bridgehead atoms. The third-order valence-corrected chi connectivity index (χ3v) is 4.99. The normalized spacial score (nSPS) is 12.8. The quantitative estimate of drug-likeness (QED) is 0.217. The van der Waals surface area contributed by atoms with Crippen LogP contribution in [0.2, 0.25) is 0 Å². The van der Waals surface area contributed by atoms with E-state index in [1.807, 2.05) is 57.2 Å². The Morgan fingerprint density at radius 1 is 1.18 bits per heavy atom. The van der Waals surface area contributed by atoms with Crippen molar-refractivity contribution in [2.75, 3.05) is 26.7 Å². The number of hydrogen-bond donors (Lipinski definition) is 2. The highest BCUT2D eigenvalue weighted by Gasteiger charge is 2.18. The zero-order chi connectivity index (χ0) is 24.1. The molecule has 2 aromatic rings. The Morgan fingerprint density at radius 3 is 2.61 bits per heavy atom. The van der Waals surface area contributed by atoms with Crippen LogP contribution in [0.5, 0.6) is 0 Å². The van der Waals surface area contributed by atoms with E-state index in [2.05, 4.69) is 44.7 Å². The lowest BCUT2D eigenvalue weighted by molar-refractivity contribution is 0.0247. The second-order valence-electron chi connectivity index (χ2n) is 7.69. The largest absolute Gasteiger partial charge is 0.458 e. The van der Waals surface area contributed by atoms with Crippen molar-refractivity contribution < 1.29 is 9.53 Å². The van der Waals surface area contributed by atoms with E-state index < -0.39 is 5.97 Å². The number of aliphatic imine (C=N–C) groups is 1. The molecule has 178 valence electrons. The Labute approximate surface area is 197 Å². The third kappa shape index (κ3) is 9.51. The van der Waals surface area contributed by atoms with Crippen LogP contribution in [0.1, 0.15) is 62.4 Å². The maximum atomic E-state index is 12.9. The second-order valence-corrected chi connectivity index (χ2v) is 7.69. The Bertz CT molecular complexity index is 930. The number of ether oxygens (including phenoxy) is 1. The molecule has 0 aliphatic rings. The highest BCUT2D eigenvalue weighted by atomic mass is 16.5. The van der Waals surface area contributed by atoms with Crippen LogP contribution < -0.4 is 10.9 Å². The van der Waals surface area contributed by atoms with Gasteiger partial charge in [0.2, 0.25) is 0 Å². The Hall–Kier alpha value is -3.10. The van der Waals surface area contributed by atoms with Gasteiger partial charge in [0.1, 0.15) is 11.9 Å². The molecular weight excluding hydrogens is 416 g/mol. The van der Waals surface area contributed by atoms with E-state index in [-0.39, 0.29) is 11.8 Å². The average Bonchev–Trinajstić information content (AvgIpc) is 2.84. The summed E-state index contributed by atoms with van der Waals surface area (Å²) >= 11 is 0. The molecule has 0 radical (unpaired) electrons. The maximum Gasteiger partial charge on any atom is 0.357 e. The molecule has 1 atom stereocenters. The van der Waals surface area contributed by atoms with Crippen molar-refractivity contribution in [3.05, 3.63) is 53.5 Å². The van der Waals surface area contributed by atoms with Gasteiger partial charge in [-0.25, -0.2) is 25.2 Å².